The topological polar surface area (TPSA) is 116 Å². The van der Waals surface area contributed by atoms with Crippen LogP contribution in [0, 0.1) is 5.82 Å². The first-order chi connectivity index (χ1) is 10.2. The van der Waals surface area contributed by atoms with Crippen molar-refractivity contribution in [2.75, 3.05) is 5.43 Å². The van der Waals surface area contributed by atoms with E-state index in [1.807, 2.05) is 13.8 Å². The lowest BCUT2D eigenvalue weighted by Gasteiger charge is -2.19. The van der Waals surface area contributed by atoms with Gasteiger partial charge in [-0.2, -0.15) is 0 Å². The fourth-order valence-corrected chi connectivity index (χ4v) is 1.83. The Morgan fingerprint density at radius 2 is 1.86 bits per heavy atom. The Morgan fingerprint density at radius 3 is 2.36 bits per heavy atom. The molecule has 22 heavy (non-hydrogen) atoms. The third-order valence-corrected chi connectivity index (χ3v) is 2.90. The molecule has 4 N–H and O–H groups in total. The van der Waals surface area contributed by atoms with Crippen molar-refractivity contribution in [1.29, 1.82) is 0 Å². The maximum Gasteiger partial charge on any atom is 0.330 e. The van der Waals surface area contributed by atoms with Gasteiger partial charge < -0.3 is 15.6 Å². The van der Waals surface area contributed by atoms with E-state index in [4.69, 9.17) is 10.2 Å². The van der Waals surface area contributed by atoms with Gasteiger partial charge in [0.1, 0.15) is 12.2 Å². The van der Waals surface area contributed by atoms with Gasteiger partial charge in [0, 0.05) is 0 Å². The molecule has 0 radical (unpaired) electrons. The van der Waals surface area contributed by atoms with Gasteiger partial charge in [-0.1, -0.05) is 26.0 Å². The molecule has 1 aromatic carbocycles. The number of para-hydroxylation sites is 1. The predicted octanol–water partition coefficient (Wildman–Crippen LogP) is 1.36. The van der Waals surface area contributed by atoms with Crippen LogP contribution in [-0.4, -0.2) is 34.0 Å². The lowest BCUT2D eigenvalue weighted by Crippen LogP contribution is -2.47. The van der Waals surface area contributed by atoms with E-state index in [9.17, 15) is 18.8 Å². The van der Waals surface area contributed by atoms with Crippen LogP contribution >= 0.6 is 0 Å². The number of nitrogens with one attached hydrogen (secondary N) is 2. The maximum atomic E-state index is 13.8. The van der Waals surface area contributed by atoms with Crippen molar-refractivity contribution in [3.8, 4) is 0 Å². The molecule has 7 nitrogen and oxygen atoms in total. The molecule has 8 heteroatoms. The molecule has 0 fully saturated rings. The number of carboxylic acid groups (broad SMARTS) is 2. The SMILES string of the molecule is CC(C)c1cccc(F)c1NNC(C(=O)O)C(=O)CC(=O)O. The van der Waals surface area contributed by atoms with E-state index in [0.717, 1.165) is 0 Å². The number of hydrogen-bond acceptors (Lipinski definition) is 5. The number of carboxylic acids is 2. The molecule has 1 aromatic rings. The summed E-state index contributed by atoms with van der Waals surface area (Å²) in [5.74, 6) is -4.70. The van der Waals surface area contributed by atoms with Crippen molar-refractivity contribution in [3.05, 3.63) is 29.6 Å². The van der Waals surface area contributed by atoms with Gasteiger partial charge in [0.05, 0.1) is 5.69 Å². The van der Waals surface area contributed by atoms with Crippen molar-refractivity contribution >= 4 is 23.4 Å². The van der Waals surface area contributed by atoms with E-state index >= 15 is 0 Å². The van der Waals surface area contributed by atoms with Crippen molar-refractivity contribution in [3.63, 3.8) is 0 Å². The Balaban J connectivity index is 2.93. The summed E-state index contributed by atoms with van der Waals surface area (Å²) in [7, 11) is 0. The highest BCUT2D eigenvalue weighted by atomic mass is 19.1. The van der Waals surface area contributed by atoms with Crippen LogP contribution in [0.5, 0.6) is 0 Å². The molecule has 1 atom stereocenters. The number of hydrazine groups is 1. The van der Waals surface area contributed by atoms with Crippen LogP contribution in [0.1, 0.15) is 31.7 Å². The number of aliphatic carboxylic acids is 2. The molecule has 0 amide bonds. The average molecular weight is 312 g/mol. The summed E-state index contributed by atoms with van der Waals surface area (Å²) < 4.78 is 13.8. The van der Waals surface area contributed by atoms with Gasteiger partial charge >= 0.3 is 11.9 Å². The minimum absolute atomic E-state index is 0.0203. The summed E-state index contributed by atoms with van der Waals surface area (Å²) >= 11 is 0. The smallest absolute Gasteiger partial charge is 0.330 e. The zero-order chi connectivity index (χ0) is 16.9. The normalized spacial score (nSPS) is 12.0. The number of halogens is 1. The number of carbonyl (C=O) groups excluding carboxylic acids is 1. The molecule has 1 rings (SSSR count). The van der Waals surface area contributed by atoms with E-state index in [0.29, 0.717) is 5.56 Å². The summed E-state index contributed by atoms with van der Waals surface area (Å²) in [4.78, 5) is 33.1. The average Bonchev–Trinajstić information content (AvgIpc) is 2.38. The molecule has 0 aromatic heterocycles. The third kappa shape index (κ3) is 4.52. The van der Waals surface area contributed by atoms with Crippen LogP contribution in [0.15, 0.2) is 18.2 Å². The summed E-state index contributed by atoms with van der Waals surface area (Å²) in [6, 6.07) is 2.56. The van der Waals surface area contributed by atoms with Gasteiger partial charge in [-0.05, 0) is 17.5 Å². The largest absolute Gasteiger partial charge is 0.481 e. The molecular formula is C14H17FN2O5. The monoisotopic (exact) mass is 312 g/mol. The van der Waals surface area contributed by atoms with Gasteiger partial charge in [-0.3, -0.25) is 9.59 Å². The van der Waals surface area contributed by atoms with E-state index in [2.05, 4.69) is 10.9 Å². The molecule has 0 aliphatic rings. The van der Waals surface area contributed by atoms with E-state index in [-0.39, 0.29) is 11.6 Å². The molecular weight excluding hydrogens is 295 g/mol. The lowest BCUT2D eigenvalue weighted by atomic mass is 10.0. The van der Waals surface area contributed by atoms with Crippen molar-refractivity contribution in [2.24, 2.45) is 0 Å². The number of hydrogen-bond donors (Lipinski definition) is 4. The number of benzene rings is 1. The highest BCUT2D eigenvalue weighted by molar-refractivity contribution is 6.08. The summed E-state index contributed by atoms with van der Waals surface area (Å²) in [5.41, 5.74) is 5.16. The van der Waals surface area contributed by atoms with Crippen LogP contribution in [0.3, 0.4) is 0 Å². The second-order valence-electron chi connectivity index (χ2n) is 4.94. The van der Waals surface area contributed by atoms with Crippen LogP contribution in [0.2, 0.25) is 0 Å². The van der Waals surface area contributed by atoms with Crippen LogP contribution in [0.4, 0.5) is 10.1 Å². The van der Waals surface area contributed by atoms with Crippen LogP contribution in [0.25, 0.3) is 0 Å². The third-order valence-electron chi connectivity index (χ3n) is 2.90. The fourth-order valence-electron chi connectivity index (χ4n) is 1.83. The number of Topliss-reactive ketones (excluding diaryl/α,β-unsaturated/α-hetero) is 1. The second-order valence-corrected chi connectivity index (χ2v) is 4.94. The Kier molecular flexibility index (Phi) is 6.00. The molecule has 1 unspecified atom stereocenters. The van der Waals surface area contributed by atoms with Gasteiger partial charge in [0.25, 0.3) is 0 Å². The fraction of sp³-hybridized carbons (Fsp3) is 0.357. The summed E-state index contributed by atoms with van der Waals surface area (Å²) in [6.45, 7) is 3.65. The first kappa shape index (κ1) is 17.6. The lowest BCUT2D eigenvalue weighted by molar-refractivity contribution is -0.145. The molecule has 0 saturated heterocycles. The number of ketones is 1. The molecule has 120 valence electrons. The van der Waals surface area contributed by atoms with Gasteiger partial charge in [0.2, 0.25) is 0 Å². The van der Waals surface area contributed by atoms with Crippen LogP contribution in [-0.2, 0) is 14.4 Å². The summed E-state index contributed by atoms with van der Waals surface area (Å²) in [6.07, 6.45) is -0.944. The van der Waals surface area contributed by atoms with Gasteiger partial charge in [-0.25, -0.2) is 14.6 Å². The van der Waals surface area contributed by atoms with Crippen molar-refractivity contribution < 1.29 is 29.0 Å². The van der Waals surface area contributed by atoms with E-state index in [1.54, 1.807) is 6.07 Å². The standard InChI is InChI=1S/C14H17FN2O5/c1-7(2)8-4-3-5-9(15)12(8)16-17-13(14(21)22)10(18)6-11(19)20/h3-5,7,13,16-17H,6H2,1-2H3,(H,19,20)(H,21,22). The second kappa shape index (κ2) is 7.51. The number of carbonyl (C=O) groups is 3. The van der Waals surface area contributed by atoms with Gasteiger partial charge in [-0.15, -0.1) is 0 Å². The molecule has 0 saturated carbocycles. The minimum atomic E-state index is -1.80. The minimum Gasteiger partial charge on any atom is -0.481 e. The molecule has 0 bridgehead atoms. The van der Waals surface area contributed by atoms with E-state index in [1.165, 1.54) is 12.1 Å². The van der Waals surface area contributed by atoms with Crippen molar-refractivity contribution in [1.82, 2.24) is 5.43 Å². The number of rotatable bonds is 8. The summed E-state index contributed by atoms with van der Waals surface area (Å²) in [5, 5.41) is 17.5. The van der Waals surface area contributed by atoms with Crippen molar-refractivity contribution in [2.45, 2.75) is 32.2 Å². The first-order valence-corrected chi connectivity index (χ1v) is 6.51. The Morgan fingerprint density at radius 1 is 1.23 bits per heavy atom. The zero-order valence-corrected chi connectivity index (χ0v) is 12.1. The highest BCUT2D eigenvalue weighted by Crippen LogP contribution is 2.26. The number of anilines is 1. The molecule has 0 heterocycles. The van der Waals surface area contributed by atoms with E-state index < -0.39 is 36.0 Å². The molecule has 0 spiro atoms. The highest BCUT2D eigenvalue weighted by Gasteiger charge is 2.28. The Labute approximate surface area is 126 Å². The quantitative estimate of drug-likeness (QED) is 0.423. The van der Waals surface area contributed by atoms with Crippen LogP contribution < -0.4 is 10.9 Å². The predicted molar refractivity (Wildman–Crippen MR) is 75.9 cm³/mol. The first-order valence-electron chi connectivity index (χ1n) is 6.51. The Hall–Kier alpha value is -2.48. The molecule has 0 aliphatic heterocycles. The maximum absolute atomic E-state index is 13.8. The molecule has 0 aliphatic carbocycles. The Bertz CT molecular complexity index is 589. The van der Waals surface area contributed by atoms with Gasteiger partial charge in [0.15, 0.2) is 11.8 Å². The zero-order valence-electron chi connectivity index (χ0n) is 12.1.